The lowest BCUT2D eigenvalue weighted by Gasteiger charge is -2.20. The topological polar surface area (TPSA) is 76.7 Å². The fraction of sp³-hybridized carbons (Fsp3) is 0.364. The zero-order valence-electron chi connectivity index (χ0n) is 17.3. The third kappa shape index (κ3) is 6.48. The van der Waals surface area contributed by atoms with E-state index in [0.29, 0.717) is 16.7 Å². The summed E-state index contributed by atoms with van der Waals surface area (Å²) in [5, 5.41) is 5.55. The van der Waals surface area contributed by atoms with Crippen LogP contribution >= 0.6 is 0 Å². The normalized spacial score (nSPS) is 12.1. The zero-order chi connectivity index (χ0) is 21.6. The molecule has 0 fully saturated rings. The first kappa shape index (κ1) is 22.2. The number of hydrogen-bond donors (Lipinski definition) is 2. The summed E-state index contributed by atoms with van der Waals surface area (Å²) in [6.45, 7) is 7.28. The van der Waals surface area contributed by atoms with Crippen molar-refractivity contribution in [2.45, 2.75) is 45.9 Å². The number of halogens is 1. The Morgan fingerprint density at radius 2 is 1.83 bits per heavy atom. The smallest absolute Gasteiger partial charge is 0.407 e. The lowest BCUT2D eigenvalue weighted by atomic mass is 10.0. The molecule has 2 rings (SSSR count). The summed E-state index contributed by atoms with van der Waals surface area (Å²) in [6.07, 6.45) is -0.556. The van der Waals surface area contributed by atoms with Gasteiger partial charge >= 0.3 is 6.09 Å². The van der Waals surface area contributed by atoms with E-state index in [1.807, 2.05) is 0 Å². The predicted molar refractivity (Wildman–Crippen MR) is 108 cm³/mol. The molecule has 6 nitrogen and oxygen atoms in total. The molecule has 0 bridgehead atoms. The minimum Gasteiger partial charge on any atom is -0.494 e. The maximum atomic E-state index is 13.6. The second kappa shape index (κ2) is 9.41. The van der Waals surface area contributed by atoms with Crippen molar-refractivity contribution in [1.29, 1.82) is 0 Å². The van der Waals surface area contributed by atoms with Gasteiger partial charge in [0.2, 0.25) is 0 Å². The third-order valence-corrected chi connectivity index (χ3v) is 4.11. The van der Waals surface area contributed by atoms with Crippen LogP contribution in [0.2, 0.25) is 0 Å². The molecule has 2 N–H and O–H groups in total. The van der Waals surface area contributed by atoms with E-state index >= 15 is 0 Å². The lowest BCUT2D eigenvalue weighted by Crippen LogP contribution is -2.33. The zero-order valence-corrected chi connectivity index (χ0v) is 17.3. The maximum absolute atomic E-state index is 13.6. The number of methoxy groups -OCH3 is 1. The van der Waals surface area contributed by atoms with Crippen LogP contribution in [0.1, 0.15) is 55.2 Å². The van der Waals surface area contributed by atoms with Gasteiger partial charge in [0.15, 0.2) is 11.6 Å². The fourth-order valence-corrected chi connectivity index (χ4v) is 2.68. The van der Waals surface area contributed by atoms with Gasteiger partial charge in [-0.25, -0.2) is 9.18 Å². The Morgan fingerprint density at radius 1 is 1.14 bits per heavy atom. The molecule has 2 amide bonds. The molecule has 0 aliphatic carbocycles. The molecule has 0 radical (unpaired) electrons. The first-order valence-electron chi connectivity index (χ1n) is 9.30. The van der Waals surface area contributed by atoms with E-state index in [2.05, 4.69) is 10.6 Å². The van der Waals surface area contributed by atoms with Crippen LogP contribution in [0, 0.1) is 5.82 Å². The summed E-state index contributed by atoms with van der Waals surface area (Å²) in [6, 6.07) is 11.1. The molecule has 0 saturated heterocycles. The van der Waals surface area contributed by atoms with Gasteiger partial charge in [0.05, 0.1) is 13.2 Å². The highest BCUT2D eigenvalue weighted by molar-refractivity contribution is 5.96. The Balaban J connectivity index is 2.08. The first-order valence-corrected chi connectivity index (χ1v) is 9.30. The summed E-state index contributed by atoms with van der Waals surface area (Å²) in [5.74, 6) is -0.652. The van der Waals surface area contributed by atoms with Gasteiger partial charge in [-0.1, -0.05) is 24.3 Å². The van der Waals surface area contributed by atoms with Crippen molar-refractivity contribution in [3.8, 4) is 5.75 Å². The van der Waals surface area contributed by atoms with Crippen molar-refractivity contribution >= 4 is 12.0 Å². The van der Waals surface area contributed by atoms with Crippen molar-refractivity contribution in [2.24, 2.45) is 0 Å². The number of benzene rings is 2. The third-order valence-electron chi connectivity index (χ3n) is 4.11. The van der Waals surface area contributed by atoms with Gasteiger partial charge in [-0.2, -0.15) is 0 Å². The molecule has 0 aliphatic heterocycles. The SMILES string of the molecule is COc1cc(C(C)NC(=O)c2ccccc2CNC(=O)OC(C)(C)C)ccc1F. The van der Waals surface area contributed by atoms with Gasteiger partial charge in [-0.05, 0) is 57.0 Å². The molecule has 0 heterocycles. The second-order valence-corrected chi connectivity index (χ2v) is 7.60. The van der Waals surface area contributed by atoms with Crippen LogP contribution in [0.3, 0.4) is 0 Å². The summed E-state index contributed by atoms with van der Waals surface area (Å²) in [5.41, 5.74) is 1.19. The van der Waals surface area contributed by atoms with Crippen LogP contribution in [0.15, 0.2) is 42.5 Å². The van der Waals surface area contributed by atoms with E-state index in [1.54, 1.807) is 64.1 Å². The van der Waals surface area contributed by atoms with E-state index in [9.17, 15) is 14.0 Å². The number of nitrogens with one attached hydrogen (secondary N) is 2. The molecule has 29 heavy (non-hydrogen) atoms. The van der Waals surface area contributed by atoms with Crippen molar-refractivity contribution in [1.82, 2.24) is 10.6 Å². The molecule has 2 aromatic carbocycles. The lowest BCUT2D eigenvalue weighted by molar-refractivity contribution is 0.0522. The largest absolute Gasteiger partial charge is 0.494 e. The highest BCUT2D eigenvalue weighted by atomic mass is 19.1. The predicted octanol–water partition coefficient (Wildman–Crippen LogP) is 4.35. The minimum atomic E-state index is -0.605. The number of carbonyl (C=O) groups is 2. The molecule has 0 saturated carbocycles. The maximum Gasteiger partial charge on any atom is 0.407 e. The van der Waals surface area contributed by atoms with Crippen LogP contribution in [-0.2, 0) is 11.3 Å². The number of hydrogen-bond acceptors (Lipinski definition) is 4. The van der Waals surface area contributed by atoms with E-state index < -0.39 is 17.5 Å². The Bertz CT molecular complexity index is 877. The minimum absolute atomic E-state index is 0.116. The van der Waals surface area contributed by atoms with Crippen LogP contribution in [0.4, 0.5) is 9.18 Å². The van der Waals surface area contributed by atoms with Crippen molar-refractivity contribution in [3.05, 3.63) is 65.0 Å². The molecule has 1 unspecified atom stereocenters. The summed E-state index contributed by atoms with van der Waals surface area (Å²) in [7, 11) is 1.39. The molecular weight excluding hydrogens is 375 g/mol. The summed E-state index contributed by atoms with van der Waals surface area (Å²) >= 11 is 0. The van der Waals surface area contributed by atoms with E-state index in [1.165, 1.54) is 13.2 Å². The van der Waals surface area contributed by atoms with Crippen LogP contribution in [0.25, 0.3) is 0 Å². The number of amides is 2. The average molecular weight is 402 g/mol. The quantitative estimate of drug-likeness (QED) is 0.753. The van der Waals surface area contributed by atoms with Gasteiger partial charge in [-0.15, -0.1) is 0 Å². The van der Waals surface area contributed by atoms with Crippen LogP contribution in [0.5, 0.6) is 5.75 Å². The Kier molecular flexibility index (Phi) is 7.20. The molecule has 0 aromatic heterocycles. The second-order valence-electron chi connectivity index (χ2n) is 7.60. The average Bonchev–Trinajstić information content (AvgIpc) is 2.65. The molecule has 7 heteroatoms. The van der Waals surface area contributed by atoms with E-state index in [4.69, 9.17) is 9.47 Å². The summed E-state index contributed by atoms with van der Waals surface area (Å²) < 4.78 is 23.8. The molecule has 156 valence electrons. The number of carbonyl (C=O) groups excluding carboxylic acids is 2. The van der Waals surface area contributed by atoms with Gasteiger partial charge in [0, 0.05) is 12.1 Å². The number of alkyl carbamates (subject to hydrolysis) is 1. The van der Waals surface area contributed by atoms with Crippen molar-refractivity contribution < 1.29 is 23.5 Å². The molecule has 0 spiro atoms. The van der Waals surface area contributed by atoms with Crippen LogP contribution < -0.4 is 15.4 Å². The molecule has 2 aromatic rings. The van der Waals surface area contributed by atoms with E-state index in [-0.39, 0.29) is 24.2 Å². The standard InChI is InChI=1S/C22H27FN2O4/c1-14(15-10-11-18(23)19(12-15)28-5)25-20(26)17-9-7-6-8-16(17)13-24-21(27)29-22(2,3)4/h6-12,14H,13H2,1-5H3,(H,24,27)(H,25,26). The number of rotatable bonds is 6. The van der Waals surface area contributed by atoms with Crippen molar-refractivity contribution in [2.75, 3.05) is 7.11 Å². The summed E-state index contributed by atoms with van der Waals surface area (Å²) in [4.78, 5) is 24.7. The Labute approximate surface area is 170 Å². The van der Waals surface area contributed by atoms with E-state index in [0.717, 1.165) is 0 Å². The molecule has 1 atom stereocenters. The molecular formula is C22H27FN2O4. The van der Waals surface area contributed by atoms with Gasteiger partial charge in [-0.3, -0.25) is 4.79 Å². The monoisotopic (exact) mass is 402 g/mol. The molecule has 0 aliphatic rings. The Hall–Kier alpha value is -3.09. The van der Waals surface area contributed by atoms with Gasteiger partial charge in [0.1, 0.15) is 5.60 Å². The number of ether oxygens (including phenoxy) is 2. The first-order chi connectivity index (χ1) is 13.6. The van der Waals surface area contributed by atoms with Crippen LogP contribution in [-0.4, -0.2) is 24.7 Å². The Morgan fingerprint density at radius 3 is 2.48 bits per heavy atom. The van der Waals surface area contributed by atoms with Crippen molar-refractivity contribution in [3.63, 3.8) is 0 Å². The highest BCUT2D eigenvalue weighted by Gasteiger charge is 2.18. The van der Waals surface area contributed by atoms with Gasteiger partial charge in [0.25, 0.3) is 5.91 Å². The highest BCUT2D eigenvalue weighted by Crippen LogP contribution is 2.23. The van der Waals surface area contributed by atoms with Gasteiger partial charge < -0.3 is 20.1 Å². The fourth-order valence-electron chi connectivity index (χ4n) is 2.68.